The van der Waals surface area contributed by atoms with E-state index in [1.54, 1.807) is 11.8 Å². The monoisotopic (exact) mass is 174 g/mol. The number of nitrogens with zero attached hydrogens (tertiary/aromatic N) is 1. The van der Waals surface area contributed by atoms with Crippen molar-refractivity contribution in [2.24, 2.45) is 5.73 Å². The highest BCUT2D eigenvalue weighted by Crippen LogP contribution is 1.94. The van der Waals surface area contributed by atoms with Gasteiger partial charge < -0.3 is 10.5 Å². The van der Waals surface area contributed by atoms with Crippen LogP contribution in [0.4, 0.5) is 0 Å². The van der Waals surface area contributed by atoms with Gasteiger partial charge >= 0.3 is 5.97 Å². The third-order valence-corrected chi connectivity index (χ3v) is 1.18. The van der Waals surface area contributed by atoms with Crippen LogP contribution >= 0.6 is 0 Å². The van der Waals surface area contributed by atoms with E-state index in [4.69, 9.17) is 4.74 Å². The molecule has 0 rings (SSSR count). The van der Waals surface area contributed by atoms with Crippen molar-refractivity contribution in [2.45, 2.75) is 13.2 Å². The van der Waals surface area contributed by atoms with Gasteiger partial charge in [0.1, 0.15) is 0 Å². The molecule has 0 saturated heterocycles. The van der Waals surface area contributed by atoms with Gasteiger partial charge in [0.25, 0.3) is 0 Å². The summed E-state index contributed by atoms with van der Waals surface area (Å²) in [5.74, 6) is -0.388. The molecule has 72 valence electrons. The molecule has 0 radical (unpaired) electrons. The third kappa shape index (κ3) is 7.24. The summed E-state index contributed by atoms with van der Waals surface area (Å²) in [6.07, 6.45) is 0.963. The van der Waals surface area contributed by atoms with Gasteiger partial charge in [-0.15, -0.1) is 0 Å². The van der Waals surface area contributed by atoms with E-state index in [0.29, 0.717) is 0 Å². The van der Waals surface area contributed by atoms with Crippen LogP contribution in [0.1, 0.15) is 6.92 Å². The summed E-state index contributed by atoms with van der Waals surface area (Å²) in [4.78, 5) is 12.4. The van der Waals surface area contributed by atoms with Crippen molar-refractivity contribution in [2.75, 3.05) is 21.1 Å². The minimum absolute atomic E-state index is 0.189. The van der Waals surface area contributed by atoms with Gasteiger partial charge in [-0.05, 0) is 28.1 Å². The number of rotatable bonds is 3. The second-order valence-corrected chi connectivity index (χ2v) is 2.20. The molecule has 0 aromatic rings. The van der Waals surface area contributed by atoms with Gasteiger partial charge in [-0.1, -0.05) is 6.58 Å². The number of carbonyl (C=O) groups excluding carboxylic acids is 1. The van der Waals surface area contributed by atoms with Crippen LogP contribution in [-0.2, 0) is 9.53 Å². The first-order chi connectivity index (χ1) is 5.57. The number of ether oxygens (including phenoxy) is 1. The molecule has 0 spiro atoms. The van der Waals surface area contributed by atoms with Crippen LogP contribution in [0.2, 0.25) is 0 Å². The van der Waals surface area contributed by atoms with Crippen LogP contribution in [0.25, 0.3) is 0 Å². The standard InChI is InChI=1S/C7H13NO2.CH5N/c1-5-7(9)10-6(2)8(3)4;1-2/h5-6H,1H2,2-4H3;2H2,1H3. The van der Waals surface area contributed by atoms with Gasteiger partial charge in [-0.3, -0.25) is 4.90 Å². The van der Waals surface area contributed by atoms with Crippen molar-refractivity contribution in [3.63, 3.8) is 0 Å². The fourth-order valence-electron chi connectivity index (χ4n) is 0.322. The van der Waals surface area contributed by atoms with E-state index in [-0.39, 0.29) is 12.2 Å². The molecule has 0 bridgehead atoms. The summed E-state index contributed by atoms with van der Waals surface area (Å²) in [6.45, 7) is 5.07. The molecular formula is C8H18N2O2. The third-order valence-electron chi connectivity index (χ3n) is 1.18. The molecule has 4 nitrogen and oxygen atoms in total. The van der Waals surface area contributed by atoms with E-state index in [0.717, 1.165) is 6.08 Å². The van der Waals surface area contributed by atoms with Crippen LogP contribution < -0.4 is 5.73 Å². The molecule has 4 heteroatoms. The number of esters is 1. The molecule has 0 heterocycles. The molecule has 1 unspecified atom stereocenters. The molecule has 1 atom stereocenters. The highest BCUT2D eigenvalue weighted by atomic mass is 16.6. The Morgan fingerprint density at radius 1 is 1.58 bits per heavy atom. The highest BCUT2D eigenvalue weighted by Gasteiger charge is 2.06. The van der Waals surface area contributed by atoms with Crippen molar-refractivity contribution >= 4 is 5.97 Å². The summed E-state index contributed by atoms with van der Waals surface area (Å²) in [5.41, 5.74) is 4.50. The van der Waals surface area contributed by atoms with E-state index in [2.05, 4.69) is 12.3 Å². The molecule has 0 aromatic heterocycles. The maximum absolute atomic E-state index is 10.6. The number of carbonyl (C=O) groups is 1. The molecule has 0 aliphatic carbocycles. The summed E-state index contributed by atoms with van der Waals surface area (Å²) in [5, 5.41) is 0. The molecule has 2 N–H and O–H groups in total. The van der Waals surface area contributed by atoms with Gasteiger partial charge in [0.15, 0.2) is 6.23 Å². The minimum Gasteiger partial charge on any atom is -0.444 e. The average molecular weight is 174 g/mol. The topological polar surface area (TPSA) is 55.6 Å². The number of hydrogen-bond donors (Lipinski definition) is 1. The van der Waals surface area contributed by atoms with Gasteiger partial charge in [0, 0.05) is 6.08 Å². The minimum atomic E-state index is -0.388. The number of hydrogen-bond acceptors (Lipinski definition) is 4. The molecule has 0 saturated carbocycles. The van der Waals surface area contributed by atoms with Gasteiger partial charge in [0.05, 0.1) is 0 Å². The quantitative estimate of drug-likeness (QED) is 0.377. The lowest BCUT2D eigenvalue weighted by Gasteiger charge is -2.18. The zero-order valence-corrected chi connectivity index (χ0v) is 8.20. The highest BCUT2D eigenvalue weighted by molar-refractivity contribution is 5.81. The molecule has 0 amide bonds. The summed E-state index contributed by atoms with van der Waals surface area (Å²) >= 11 is 0. The Hall–Kier alpha value is -0.870. The Morgan fingerprint density at radius 3 is 2.25 bits per heavy atom. The Labute approximate surface area is 74.0 Å². The van der Waals surface area contributed by atoms with E-state index >= 15 is 0 Å². The fraction of sp³-hybridized carbons (Fsp3) is 0.625. The van der Waals surface area contributed by atoms with Gasteiger partial charge in [-0.25, -0.2) is 4.79 Å². The summed E-state index contributed by atoms with van der Waals surface area (Å²) < 4.78 is 4.83. The Morgan fingerprint density at radius 2 is 2.00 bits per heavy atom. The maximum atomic E-state index is 10.6. The molecular weight excluding hydrogens is 156 g/mol. The SMILES string of the molecule is C=CC(=O)OC(C)N(C)C.CN. The lowest BCUT2D eigenvalue weighted by molar-refractivity contribution is -0.149. The lowest BCUT2D eigenvalue weighted by Crippen LogP contribution is -2.29. The first-order valence-corrected chi connectivity index (χ1v) is 3.65. The molecule has 0 aliphatic heterocycles. The second kappa shape index (κ2) is 8.23. The van der Waals surface area contributed by atoms with Crippen LogP contribution in [0, 0.1) is 0 Å². The van der Waals surface area contributed by atoms with Crippen molar-refractivity contribution < 1.29 is 9.53 Å². The van der Waals surface area contributed by atoms with Crippen LogP contribution in [0.15, 0.2) is 12.7 Å². The van der Waals surface area contributed by atoms with E-state index in [1.807, 2.05) is 14.1 Å². The van der Waals surface area contributed by atoms with Gasteiger partial charge in [0.2, 0.25) is 0 Å². The van der Waals surface area contributed by atoms with Crippen LogP contribution in [-0.4, -0.2) is 38.2 Å². The molecule has 0 aromatic carbocycles. The molecule has 0 aliphatic rings. The average Bonchev–Trinajstić information content (AvgIpc) is 2.07. The van der Waals surface area contributed by atoms with Crippen LogP contribution in [0.5, 0.6) is 0 Å². The van der Waals surface area contributed by atoms with E-state index < -0.39 is 0 Å². The first-order valence-electron chi connectivity index (χ1n) is 3.65. The van der Waals surface area contributed by atoms with Crippen LogP contribution in [0.3, 0.4) is 0 Å². The molecule has 12 heavy (non-hydrogen) atoms. The first kappa shape index (κ1) is 13.7. The summed E-state index contributed by atoms with van der Waals surface area (Å²) in [6, 6.07) is 0. The number of nitrogens with two attached hydrogens (primary N) is 1. The van der Waals surface area contributed by atoms with Crippen molar-refractivity contribution in [1.29, 1.82) is 0 Å². The fourth-order valence-corrected chi connectivity index (χ4v) is 0.322. The zero-order chi connectivity index (χ0) is 10.1. The second-order valence-electron chi connectivity index (χ2n) is 2.20. The van der Waals surface area contributed by atoms with Crippen molar-refractivity contribution in [1.82, 2.24) is 4.90 Å². The van der Waals surface area contributed by atoms with Crippen molar-refractivity contribution in [3.8, 4) is 0 Å². The smallest absolute Gasteiger partial charge is 0.331 e. The van der Waals surface area contributed by atoms with Gasteiger partial charge in [-0.2, -0.15) is 0 Å². The lowest BCUT2D eigenvalue weighted by atomic mass is 10.6. The Balaban J connectivity index is 0. The predicted molar refractivity (Wildman–Crippen MR) is 49.5 cm³/mol. The summed E-state index contributed by atoms with van der Waals surface area (Å²) in [7, 11) is 5.17. The Kier molecular flexibility index (Phi) is 9.40. The zero-order valence-electron chi connectivity index (χ0n) is 8.20. The maximum Gasteiger partial charge on any atom is 0.331 e. The normalized spacial score (nSPS) is 11.2. The molecule has 0 fully saturated rings. The van der Waals surface area contributed by atoms with Crippen molar-refractivity contribution in [3.05, 3.63) is 12.7 Å². The van der Waals surface area contributed by atoms with E-state index in [9.17, 15) is 4.79 Å². The Bertz CT molecular complexity index is 135. The van der Waals surface area contributed by atoms with E-state index in [1.165, 1.54) is 7.05 Å². The largest absolute Gasteiger partial charge is 0.444 e. The predicted octanol–water partition coefficient (Wildman–Crippen LogP) is 0.198.